The molecule has 1 heterocycles. The van der Waals surface area contributed by atoms with Crippen molar-refractivity contribution in [2.45, 2.75) is 37.8 Å². The predicted molar refractivity (Wildman–Crippen MR) is 52.8 cm³/mol. The van der Waals surface area contributed by atoms with Gasteiger partial charge in [-0.3, -0.25) is 9.69 Å². The average molecular weight is 198 g/mol. The van der Waals surface area contributed by atoms with Crippen molar-refractivity contribution in [1.82, 2.24) is 10.2 Å². The van der Waals surface area contributed by atoms with Crippen molar-refractivity contribution >= 4 is 5.91 Å². The van der Waals surface area contributed by atoms with E-state index in [2.05, 4.69) is 10.2 Å². The van der Waals surface area contributed by atoms with Gasteiger partial charge in [-0.1, -0.05) is 12.8 Å². The molecule has 2 atom stereocenters. The molecular weight excluding hydrogens is 180 g/mol. The fraction of sp³-hybridized carbons (Fsp3) is 0.900. The van der Waals surface area contributed by atoms with Crippen molar-refractivity contribution in [3.8, 4) is 0 Å². The molecule has 2 aliphatic rings. The molecule has 1 aliphatic carbocycles. The second-order valence-electron chi connectivity index (χ2n) is 4.22. The Morgan fingerprint density at radius 2 is 2.21 bits per heavy atom. The number of aliphatic hydroxyl groups excluding tert-OH is 1. The molecule has 1 saturated carbocycles. The molecule has 80 valence electrons. The molecule has 2 N–H and O–H groups in total. The van der Waals surface area contributed by atoms with Gasteiger partial charge in [0, 0.05) is 18.6 Å². The Morgan fingerprint density at radius 1 is 1.43 bits per heavy atom. The zero-order chi connectivity index (χ0) is 9.97. The predicted octanol–water partition coefficient (Wildman–Crippen LogP) is -0.278. The second-order valence-corrected chi connectivity index (χ2v) is 4.22. The summed E-state index contributed by atoms with van der Waals surface area (Å²) in [7, 11) is 0. The van der Waals surface area contributed by atoms with Crippen LogP contribution in [0.1, 0.15) is 25.7 Å². The Hall–Kier alpha value is -0.610. The number of nitrogens with one attached hydrogen (secondary N) is 1. The van der Waals surface area contributed by atoms with Crippen LogP contribution in [0, 0.1) is 0 Å². The minimum absolute atomic E-state index is 0.113. The smallest absolute Gasteiger partial charge is 0.234 e. The van der Waals surface area contributed by atoms with E-state index in [-0.39, 0.29) is 12.5 Å². The SMILES string of the molecule is O=C1CN(CCO)C2CCCCC2N1. The number of hydrogen-bond acceptors (Lipinski definition) is 3. The van der Waals surface area contributed by atoms with Crippen molar-refractivity contribution in [2.75, 3.05) is 19.7 Å². The highest BCUT2D eigenvalue weighted by molar-refractivity contribution is 5.79. The Labute approximate surface area is 84.3 Å². The molecule has 1 aliphatic heterocycles. The molecule has 0 aromatic heterocycles. The standard InChI is InChI=1S/C10H18N2O2/c13-6-5-12-7-10(14)11-8-3-1-2-4-9(8)12/h8-9,13H,1-7H2,(H,11,14). The first-order chi connectivity index (χ1) is 6.81. The maximum absolute atomic E-state index is 11.4. The van der Waals surface area contributed by atoms with Crippen molar-refractivity contribution in [2.24, 2.45) is 0 Å². The molecule has 2 unspecified atom stereocenters. The quantitative estimate of drug-likeness (QED) is 0.642. The van der Waals surface area contributed by atoms with Crippen LogP contribution in [0.4, 0.5) is 0 Å². The number of hydrogen-bond donors (Lipinski definition) is 2. The van der Waals surface area contributed by atoms with Crippen LogP contribution in [0.3, 0.4) is 0 Å². The Morgan fingerprint density at radius 3 is 3.00 bits per heavy atom. The first kappa shape index (κ1) is 9.93. The lowest BCUT2D eigenvalue weighted by atomic mass is 9.87. The van der Waals surface area contributed by atoms with Crippen LogP contribution in [0.25, 0.3) is 0 Å². The highest BCUT2D eigenvalue weighted by Crippen LogP contribution is 2.25. The minimum atomic E-state index is 0.113. The van der Waals surface area contributed by atoms with Crippen molar-refractivity contribution < 1.29 is 9.90 Å². The maximum atomic E-state index is 11.4. The Kier molecular flexibility index (Phi) is 3.03. The minimum Gasteiger partial charge on any atom is -0.395 e. The molecular formula is C10H18N2O2. The Bertz CT molecular complexity index is 220. The van der Waals surface area contributed by atoms with E-state index in [0.29, 0.717) is 25.2 Å². The van der Waals surface area contributed by atoms with Crippen molar-refractivity contribution in [1.29, 1.82) is 0 Å². The normalized spacial score (nSPS) is 33.6. The molecule has 14 heavy (non-hydrogen) atoms. The van der Waals surface area contributed by atoms with Gasteiger partial charge in [0.05, 0.1) is 13.2 Å². The van der Waals surface area contributed by atoms with Crippen LogP contribution in [0.15, 0.2) is 0 Å². The molecule has 0 aromatic rings. The zero-order valence-corrected chi connectivity index (χ0v) is 8.41. The van der Waals surface area contributed by atoms with Gasteiger partial charge in [0.25, 0.3) is 0 Å². The van der Waals surface area contributed by atoms with Crippen LogP contribution in [0.5, 0.6) is 0 Å². The monoisotopic (exact) mass is 198 g/mol. The summed E-state index contributed by atoms with van der Waals surface area (Å²) in [5, 5.41) is 12.0. The molecule has 0 spiro atoms. The molecule has 1 amide bonds. The van der Waals surface area contributed by atoms with Crippen LogP contribution >= 0.6 is 0 Å². The highest BCUT2D eigenvalue weighted by Gasteiger charge is 2.35. The zero-order valence-electron chi connectivity index (χ0n) is 8.41. The van der Waals surface area contributed by atoms with Gasteiger partial charge in [0.2, 0.25) is 5.91 Å². The van der Waals surface area contributed by atoms with E-state index in [9.17, 15) is 4.79 Å². The second kappa shape index (κ2) is 4.28. The van der Waals surface area contributed by atoms with Crippen molar-refractivity contribution in [3.05, 3.63) is 0 Å². The molecule has 2 rings (SSSR count). The topological polar surface area (TPSA) is 52.6 Å². The summed E-state index contributed by atoms with van der Waals surface area (Å²) >= 11 is 0. The third-order valence-electron chi connectivity index (χ3n) is 3.28. The molecule has 0 bridgehead atoms. The van der Waals surface area contributed by atoms with Crippen LogP contribution in [-0.4, -0.2) is 47.7 Å². The Balaban J connectivity index is 2.03. The summed E-state index contributed by atoms with van der Waals surface area (Å²) in [5.41, 5.74) is 0. The first-order valence-electron chi connectivity index (χ1n) is 5.45. The maximum Gasteiger partial charge on any atom is 0.234 e. The number of nitrogens with zero attached hydrogens (tertiary/aromatic N) is 1. The third-order valence-corrected chi connectivity index (χ3v) is 3.28. The summed E-state index contributed by atoms with van der Waals surface area (Å²) in [6.07, 6.45) is 4.72. The van der Waals surface area contributed by atoms with Gasteiger partial charge < -0.3 is 10.4 Å². The molecule has 0 radical (unpaired) electrons. The summed E-state index contributed by atoms with van der Waals surface area (Å²) < 4.78 is 0. The van der Waals surface area contributed by atoms with E-state index in [1.807, 2.05) is 0 Å². The molecule has 1 saturated heterocycles. The summed E-state index contributed by atoms with van der Waals surface area (Å²) in [6, 6.07) is 0.796. The lowest BCUT2D eigenvalue weighted by Crippen LogP contribution is -2.61. The van der Waals surface area contributed by atoms with Crippen molar-refractivity contribution in [3.63, 3.8) is 0 Å². The lowest BCUT2D eigenvalue weighted by Gasteiger charge is -2.43. The van der Waals surface area contributed by atoms with Gasteiger partial charge in [-0.05, 0) is 12.8 Å². The molecule has 4 heteroatoms. The summed E-state index contributed by atoms with van der Waals surface area (Å²) in [5.74, 6) is 0.113. The molecule has 2 fully saturated rings. The van der Waals surface area contributed by atoms with Gasteiger partial charge in [-0.25, -0.2) is 0 Å². The van der Waals surface area contributed by atoms with Gasteiger partial charge in [0.1, 0.15) is 0 Å². The van der Waals surface area contributed by atoms with E-state index < -0.39 is 0 Å². The fourth-order valence-corrected chi connectivity index (χ4v) is 2.64. The summed E-state index contributed by atoms with van der Waals surface area (Å²) in [6.45, 7) is 1.24. The molecule has 4 nitrogen and oxygen atoms in total. The van der Waals surface area contributed by atoms with Crippen LogP contribution in [-0.2, 0) is 4.79 Å². The number of aliphatic hydroxyl groups is 1. The third kappa shape index (κ3) is 1.91. The lowest BCUT2D eigenvalue weighted by molar-refractivity contribution is -0.128. The van der Waals surface area contributed by atoms with Crippen LogP contribution < -0.4 is 5.32 Å². The number of piperazine rings is 1. The first-order valence-corrected chi connectivity index (χ1v) is 5.45. The number of carbonyl (C=O) groups is 1. The van der Waals surface area contributed by atoms with Gasteiger partial charge in [-0.15, -0.1) is 0 Å². The molecule has 0 aromatic carbocycles. The van der Waals surface area contributed by atoms with Gasteiger partial charge >= 0.3 is 0 Å². The van der Waals surface area contributed by atoms with Crippen LogP contribution in [0.2, 0.25) is 0 Å². The van der Waals surface area contributed by atoms with E-state index in [1.54, 1.807) is 0 Å². The average Bonchev–Trinajstić information content (AvgIpc) is 2.18. The fourth-order valence-electron chi connectivity index (χ4n) is 2.64. The number of fused-ring (bicyclic) bond motifs is 1. The van der Waals surface area contributed by atoms with E-state index in [1.165, 1.54) is 12.8 Å². The number of rotatable bonds is 2. The van der Waals surface area contributed by atoms with Gasteiger partial charge in [0.15, 0.2) is 0 Å². The largest absolute Gasteiger partial charge is 0.395 e. The van der Waals surface area contributed by atoms with Gasteiger partial charge in [-0.2, -0.15) is 0 Å². The van der Waals surface area contributed by atoms with E-state index in [4.69, 9.17) is 5.11 Å². The highest BCUT2D eigenvalue weighted by atomic mass is 16.3. The number of amides is 1. The number of β-amino-alcohol motifs (C(OH)–C–C–N with tert-alkyl or cyclic N) is 1. The van der Waals surface area contributed by atoms with E-state index >= 15 is 0 Å². The number of carbonyl (C=O) groups excluding carboxylic acids is 1. The van der Waals surface area contributed by atoms with E-state index in [0.717, 1.165) is 12.8 Å². The summed E-state index contributed by atoms with van der Waals surface area (Å²) in [4.78, 5) is 13.5.